The van der Waals surface area contributed by atoms with Gasteiger partial charge < -0.3 is 9.47 Å². The highest BCUT2D eigenvalue weighted by molar-refractivity contribution is 6.11. The Kier molecular flexibility index (Phi) is 9.38. The third-order valence-electron chi connectivity index (χ3n) is 5.32. The van der Waals surface area contributed by atoms with Crippen LogP contribution in [0, 0.1) is 0 Å². The second kappa shape index (κ2) is 12.9. The van der Waals surface area contributed by atoms with Crippen molar-refractivity contribution < 1.29 is 19.1 Å². The van der Waals surface area contributed by atoms with Crippen molar-refractivity contribution in [3.63, 3.8) is 0 Å². The van der Waals surface area contributed by atoms with Gasteiger partial charge in [0.25, 0.3) is 0 Å². The summed E-state index contributed by atoms with van der Waals surface area (Å²) in [4.78, 5) is 24.6. The summed E-state index contributed by atoms with van der Waals surface area (Å²) >= 11 is 0. The molecule has 0 fully saturated rings. The number of hydrogen-bond donors (Lipinski definition) is 0. The molecule has 1 aliphatic carbocycles. The van der Waals surface area contributed by atoms with Gasteiger partial charge in [0, 0.05) is 5.56 Å². The Balaban J connectivity index is 1.57. The number of allylic oxidation sites excluding steroid dienone is 6. The van der Waals surface area contributed by atoms with E-state index in [1.807, 2.05) is 43.4 Å². The minimum atomic E-state index is -0.284. The van der Waals surface area contributed by atoms with Crippen molar-refractivity contribution in [2.24, 2.45) is 0 Å². The Hall–Kier alpha value is -4.18. The van der Waals surface area contributed by atoms with Crippen molar-refractivity contribution in [2.45, 2.75) is 19.8 Å². The standard InChI is InChI=1S/C31H30O4/c1-4-5-6-8-23(2)22-35-30-17-18-31(34-3)27(20-30)14-16-29(33)21-28(32)15-12-24-11-13-25-9-7-10-26(25)19-24/h4-9,11-20H,2,10,21-22H2,1,3H3/b5-4-,8-6-,15-12+,16-14+. The van der Waals surface area contributed by atoms with Gasteiger partial charge in [0.15, 0.2) is 11.6 Å². The zero-order valence-electron chi connectivity index (χ0n) is 20.2. The first-order valence-electron chi connectivity index (χ1n) is 11.5. The van der Waals surface area contributed by atoms with Crippen molar-refractivity contribution in [1.29, 1.82) is 0 Å². The molecule has 0 radical (unpaired) electrons. The third-order valence-corrected chi connectivity index (χ3v) is 5.32. The minimum absolute atomic E-state index is 0.198. The zero-order chi connectivity index (χ0) is 25.0. The van der Waals surface area contributed by atoms with E-state index in [4.69, 9.17) is 9.47 Å². The maximum Gasteiger partial charge on any atom is 0.163 e. The molecule has 0 atom stereocenters. The Morgan fingerprint density at radius 2 is 1.80 bits per heavy atom. The largest absolute Gasteiger partial charge is 0.496 e. The summed E-state index contributed by atoms with van der Waals surface area (Å²) < 4.78 is 11.2. The summed E-state index contributed by atoms with van der Waals surface area (Å²) in [5, 5.41) is 0. The molecule has 2 aromatic carbocycles. The van der Waals surface area contributed by atoms with E-state index >= 15 is 0 Å². The van der Waals surface area contributed by atoms with Gasteiger partial charge in [-0.05, 0) is 72.0 Å². The van der Waals surface area contributed by atoms with E-state index in [0.29, 0.717) is 23.7 Å². The number of carbonyl (C=O) groups excluding carboxylic acids is 2. The number of fused-ring (bicyclic) bond motifs is 1. The number of hydrogen-bond acceptors (Lipinski definition) is 4. The number of rotatable bonds is 12. The van der Waals surface area contributed by atoms with Crippen LogP contribution >= 0.6 is 0 Å². The lowest BCUT2D eigenvalue weighted by Crippen LogP contribution is -2.02. The number of carbonyl (C=O) groups is 2. The lowest BCUT2D eigenvalue weighted by atomic mass is 10.0. The molecule has 178 valence electrons. The lowest BCUT2D eigenvalue weighted by molar-refractivity contribution is -0.121. The van der Waals surface area contributed by atoms with Gasteiger partial charge in [-0.25, -0.2) is 0 Å². The van der Waals surface area contributed by atoms with Gasteiger partial charge in [-0.1, -0.05) is 67.3 Å². The van der Waals surface area contributed by atoms with Gasteiger partial charge in [0.1, 0.15) is 18.1 Å². The van der Waals surface area contributed by atoms with Crippen molar-refractivity contribution in [3.05, 3.63) is 113 Å². The quantitative estimate of drug-likeness (QED) is 0.201. The van der Waals surface area contributed by atoms with Gasteiger partial charge in [-0.15, -0.1) is 0 Å². The fourth-order valence-corrected chi connectivity index (χ4v) is 3.50. The fourth-order valence-electron chi connectivity index (χ4n) is 3.50. The molecule has 0 N–H and O–H groups in total. The molecule has 4 nitrogen and oxygen atoms in total. The number of ketones is 2. The summed E-state index contributed by atoms with van der Waals surface area (Å²) in [7, 11) is 1.56. The summed E-state index contributed by atoms with van der Waals surface area (Å²) in [5.74, 6) is 0.702. The highest BCUT2D eigenvalue weighted by Crippen LogP contribution is 2.26. The van der Waals surface area contributed by atoms with Crippen LogP contribution in [0.25, 0.3) is 18.2 Å². The smallest absolute Gasteiger partial charge is 0.163 e. The predicted molar refractivity (Wildman–Crippen MR) is 143 cm³/mol. The summed E-state index contributed by atoms with van der Waals surface area (Å²) in [6.45, 7) is 6.25. The monoisotopic (exact) mass is 466 g/mol. The second-order valence-electron chi connectivity index (χ2n) is 8.08. The first-order chi connectivity index (χ1) is 17.0. The molecule has 0 aromatic heterocycles. The Morgan fingerprint density at radius 1 is 1.00 bits per heavy atom. The number of methoxy groups -OCH3 is 1. The Bertz CT molecular complexity index is 1240. The van der Waals surface area contributed by atoms with E-state index < -0.39 is 0 Å². The van der Waals surface area contributed by atoms with Crippen molar-refractivity contribution >= 4 is 29.8 Å². The molecule has 0 bridgehead atoms. The third kappa shape index (κ3) is 7.97. The molecule has 4 heteroatoms. The Morgan fingerprint density at radius 3 is 2.57 bits per heavy atom. The van der Waals surface area contributed by atoms with Gasteiger partial charge in [-0.3, -0.25) is 9.59 Å². The van der Waals surface area contributed by atoms with E-state index in [-0.39, 0.29) is 18.0 Å². The molecule has 0 unspecified atom stereocenters. The van der Waals surface area contributed by atoms with Gasteiger partial charge in [-0.2, -0.15) is 0 Å². The number of ether oxygens (including phenoxy) is 2. The predicted octanol–water partition coefficient (Wildman–Crippen LogP) is 6.59. The van der Waals surface area contributed by atoms with Crippen LogP contribution in [0.4, 0.5) is 0 Å². The van der Waals surface area contributed by atoms with Crippen LogP contribution in [0.5, 0.6) is 11.5 Å². The molecule has 0 aliphatic heterocycles. The van der Waals surface area contributed by atoms with E-state index in [9.17, 15) is 9.59 Å². The minimum Gasteiger partial charge on any atom is -0.496 e. The average Bonchev–Trinajstić information content (AvgIpc) is 3.33. The van der Waals surface area contributed by atoms with Crippen LogP contribution in [-0.2, 0) is 16.0 Å². The fraction of sp³-hybridized carbons (Fsp3) is 0.161. The van der Waals surface area contributed by atoms with Crippen LogP contribution < -0.4 is 9.47 Å². The van der Waals surface area contributed by atoms with Crippen molar-refractivity contribution in [2.75, 3.05) is 13.7 Å². The van der Waals surface area contributed by atoms with Crippen LogP contribution in [-0.4, -0.2) is 25.3 Å². The van der Waals surface area contributed by atoms with Crippen LogP contribution in [0.1, 0.15) is 35.6 Å². The zero-order valence-corrected chi connectivity index (χ0v) is 20.2. The molecule has 1 aliphatic rings. The second-order valence-corrected chi connectivity index (χ2v) is 8.08. The van der Waals surface area contributed by atoms with Crippen LogP contribution in [0.15, 0.2) is 91.1 Å². The van der Waals surface area contributed by atoms with E-state index in [1.54, 1.807) is 37.5 Å². The highest BCUT2D eigenvalue weighted by atomic mass is 16.5. The molecular weight excluding hydrogens is 436 g/mol. The molecule has 35 heavy (non-hydrogen) atoms. The molecular formula is C31H30O4. The van der Waals surface area contributed by atoms with Gasteiger partial charge in [0.2, 0.25) is 0 Å². The topological polar surface area (TPSA) is 52.6 Å². The number of benzene rings is 2. The normalized spacial score (nSPS) is 12.7. The maximum atomic E-state index is 12.4. The van der Waals surface area contributed by atoms with E-state index in [2.05, 4.69) is 24.8 Å². The average molecular weight is 467 g/mol. The van der Waals surface area contributed by atoms with E-state index in [0.717, 1.165) is 17.6 Å². The molecule has 0 spiro atoms. The Labute approximate surface area is 207 Å². The highest BCUT2D eigenvalue weighted by Gasteiger charge is 2.08. The van der Waals surface area contributed by atoms with Crippen molar-refractivity contribution in [3.8, 4) is 11.5 Å². The summed E-state index contributed by atoms with van der Waals surface area (Å²) in [6.07, 6.45) is 18.8. The first-order valence-corrected chi connectivity index (χ1v) is 11.5. The van der Waals surface area contributed by atoms with Crippen LogP contribution in [0.3, 0.4) is 0 Å². The molecule has 0 saturated heterocycles. The van der Waals surface area contributed by atoms with Gasteiger partial charge in [0.05, 0.1) is 13.5 Å². The molecule has 2 aromatic rings. The molecule has 3 rings (SSSR count). The molecule has 0 amide bonds. The SMILES string of the molecule is C=C(/C=C\C=C/C)COc1ccc(OC)c(/C=C/C(=O)CC(=O)/C=C/c2ccc3c(c2)CC=C3)c1. The molecule has 0 saturated carbocycles. The lowest BCUT2D eigenvalue weighted by Gasteiger charge is -2.10. The molecule has 0 heterocycles. The summed E-state index contributed by atoms with van der Waals surface area (Å²) in [5.41, 5.74) is 4.92. The summed E-state index contributed by atoms with van der Waals surface area (Å²) in [6, 6.07) is 11.4. The maximum absolute atomic E-state index is 12.4. The van der Waals surface area contributed by atoms with Crippen molar-refractivity contribution in [1.82, 2.24) is 0 Å². The van der Waals surface area contributed by atoms with E-state index in [1.165, 1.54) is 23.3 Å². The van der Waals surface area contributed by atoms with Crippen LogP contribution in [0.2, 0.25) is 0 Å². The first kappa shape index (κ1) is 25.4. The van der Waals surface area contributed by atoms with Gasteiger partial charge >= 0.3 is 0 Å².